The number of hydrogen-bond donors (Lipinski definition) is 1. The van der Waals surface area contributed by atoms with Crippen molar-refractivity contribution in [3.8, 4) is 5.75 Å². The fraction of sp³-hybridized carbons (Fsp3) is 0.600. The Morgan fingerprint density at radius 1 is 1.26 bits per heavy atom. The minimum absolute atomic E-state index is 0.675. The molecule has 0 aromatic heterocycles. The maximum atomic E-state index is 5.60. The van der Waals surface area contributed by atoms with E-state index in [9.17, 15) is 0 Å². The first-order chi connectivity index (χ1) is 9.10. The second-order valence-electron chi connectivity index (χ2n) is 5.32. The van der Waals surface area contributed by atoms with Crippen molar-refractivity contribution in [3.63, 3.8) is 0 Å². The number of ether oxygens (including phenoxy) is 1. The van der Waals surface area contributed by atoms with Crippen LogP contribution in [0.1, 0.15) is 38.7 Å². The summed E-state index contributed by atoms with van der Waals surface area (Å²) in [5.41, 5.74) is 1.28. The summed E-state index contributed by atoms with van der Waals surface area (Å²) in [5, 5.41) is 3.65. The summed E-state index contributed by atoms with van der Waals surface area (Å²) >= 11 is 7.16. The molecule has 1 saturated carbocycles. The van der Waals surface area contributed by atoms with E-state index in [1.54, 1.807) is 0 Å². The Bertz CT molecular complexity index is 413. The van der Waals surface area contributed by atoms with E-state index < -0.39 is 0 Å². The third kappa shape index (κ3) is 4.20. The van der Waals surface area contributed by atoms with Crippen LogP contribution in [0.4, 0.5) is 0 Å². The minimum Gasteiger partial charge on any atom is -0.492 e. The van der Waals surface area contributed by atoms with E-state index in [-0.39, 0.29) is 0 Å². The first-order valence-electron chi connectivity index (χ1n) is 6.94. The lowest BCUT2D eigenvalue weighted by Gasteiger charge is -2.14. The zero-order valence-corrected chi connectivity index (χ0v) is 14.7. The molecule has 1 aliphatic rings. The minimum atomic E-state index is 0.675. The molecule has 0 radical (unpaired) electrons. The number of nitrogens with one attached hydrogen (secondary N) is 1. The van der Waals surface area contributed by atoms with Crippen LogP contribution < -0.4 is 10.1 Å². The maximum Gasteiger partial charge on any atom is 0.147 e. The van der Waals surface area contributed by atoms with Gasteiger partial charge in [-0.05, 0) is 81.7 Å². The molecule has 4 heteroatoms. The highest BCUT2D eigenvalue weighted by Crippen LogP contribution is 2.35. The van der Waals surface area contributed by atoms with Crippen molar-refractivity contribution in [2.45, 2.75) is 45.7 Å². The summed E-state index contributed by atoms with van der Waals surface area (Å²) in [6.07, 6.45) is 3.97. The standard InChI is InChI=1S/C15H21Br2NO/c1-3-19-15-13(16)7-11(8-14(15)17)9-18-12-5-4-10(2)6-12/h7-8,10,12,18H,3-6,9H2,1-2H3. The Balaban J connectivity index is 1.97. The third-order valence-corrected chi connectivity index (χ3v) is 4.81. The van der Waals surface area contributed by atoms with Gasteiger partial charge in [0.05, 0.1) is 15.6 Å². The summed E-state index contributed by atoms with van der Waals surface area (Å²) in [6, 6.07) is 4.96. The van der Waals surface area contributed by atoms with Gasteiger partial charge in [0.1, 0.15) is 5.75 Å². The van der Waals surface area contributed by atoms with Crippen LogP contribution in [0.3, 0.4) is 0 Å². The Hall–Kier alpha value is -0.0600. The zero-order chi connectivity index (χ0) is 13.8. The monoisotopic (exact) mass is 389 g/mol. The summed E-state index contributed by atoms with van der Waals surface area (Å²) < 4.78 is 7.63. The van der Waals surface area contributed by atoms with E-state index in [2.05, 4.69) is 56.2 Å². The van der Waals surface area contributed by atoms with Gasteiger partial charge in [-0.25, -0.2) is 0 Å². The largest absolute Gasteiger partial charge is 0.492 e. The second kappa shape index (κ2) is 7.09. The highest BCUT2D eigenvalue weighted by Gasteiger charge is 2.20. The lowest BCUT2D eigenvalue weighted by molar-refractivity contribution is 0.336. The molecule has 1 N–H and O–H groups in total. The zero-order valence-electron chi connectivity index (χ0n) is 11.5. The van der Waals surface area contributed by atoms with Crippen LogP contribution in [-0.2, 0) is 6.54 Å². The van der Waals surface area contributed by atoms with Gasteiger partial charge in [0.2, 0.25) is 0 Å². The van der Waals surface area contributed by atoms with Gasteiger partial charge in [0.15, 0.2) is 0 Å². The first-order valence-corrected chi connectivity index (χ1v) is 8.52. The SMILES string of the molecule is CCOc1c(Br)cc(CNC2CCC(C)C2)cc1Br. The molecular weight excluding hydrogens is 370 g/mol. The highest BCUT2D eigenvalue weighted by molar-refractivity contribution is 9.11. The molecule has 0 heterocycles. The number of rotatable bonds is 5. The van der Waals surface area contributed by atoms with Crippen molar-refractivity contribution in [1.82, 2.24) is 5.32 Å². The van der Waals surface area contributed by atoms with E-state index in [0.717, 1.165) is 27.2 Å². The summed E-state index contributed by atoms with van der Waals surface area (Å²) in [5.74, 6) is 1.76. The fourth-order valence-electron chi connectivity index (χ4n) is 2.65. The lowest BCUT2D eigenvalue weighted by atomic mass is 10.1. The average Bonchev–Trinajstić information content (AvgIpc) is 2.77. The Kier molecular flexibility index (Phi) is 5.72. The van der Waals surface area contributed by atoms with Gasteiger partial charge < -0.3 is 10.1 Å². The van der Waals surface area contributed by atoms with Crippen molar-refractivity contribution < 1.29 is 4.74 Å². The molecule has 2 atom stereocenters. The molecule has 0 spiro atoms. The van der Waals surface area contributed by atoms with Crippen LogP contribution in [0, 0.1) is 5.92 Å². The summed E-state index contributed by atoms with van der Waals surface area (Å²) in [7, 11) is 0. The predicted molar refractivity (Wildman–Crippen MR) is 86.7 cm³/mol. The van der Waals surface area contributed by atoms with Gasteiger partial charge >= 0.3 is 0 Å². The molecule has 106 valence electrons. The van der Waals surface area contributed by atoms with Crippen LogP contribution in [-0.4, -0.2) is 12.6 Å². The molecule has 2 unspecified atom stereocenters. The smallest absolute Gasteiger partial charge is 0.147 e. The quantitative estimate of drug-likeness (QED) is 0.772. The molecular formula is C15H21Br2NO. The molecule has 1 fully saturated rings. The molecule has 0 bridgehead atoms. The van der Waals surface area contributed by atoms with E-state index in [1.165, 1.54) is 24.8 Å². The molecule has 1 aliphatic carbocycles. The van der Waals surface area contributed by atoms with E-state index in [0.29, 0.717) is 12.6 Å². The van der Waals surface area contributed by atoms with Crippen LogP contribution in [0.25, 0.3) is 0 Å². The van der Waals surface area contributed by atoms with Crippen LogP contribution in [0.5, 0.6) is 5.75 Å². The predicted octanol–water partition coefficient (Wildman–Crippen LogP) is 4.89. The molecule has 1 aromatic rings. The Morgan fingerprint density at radius 3 is 2.47 bits per heavy atom. The normalized spacial score (nSPS) is 22.7. The van der Waals surface area contributed by atoms with Crippen LogP contribution in [0.2, 0.25) is 0 Å². The molecule has 0 amide bonds. The second-order valence-corrected chi connectivity index (χ2v) is 7.03. The van der Waals surface area contributed by atoms with Gasteiger partial charge in [-0.15, -0.1) is 0 Å². The maximum absolute atomic E-state index is 5.60. The van der Waals surface area contributed by atoms with Crippen LogP contribution in [0.15, 0.2) is 21.1 Å². The highest BCUT2D eigenvalue weighted by atomic mass is 79.9. The van der Waals surface area contributed by atoms with E-state index in [4.69, 9.17) is 4.74 Å². The number of benzene rings is 1. The third-order valence-electron chi connectivity index (χ3n) is 3.64. The van der Waals surface area contributed by atoms with Gasteiger partial charge in [-0.3, -0.25) is 0 Å². The fourth-order valence-corrected chi connectivity index (χ4v) is 4.16. The number of halogens is 2. The molecule has 0 saturated heterocycles. The molecule has 19 heavy (non-hydrogen) atoms. The van der Waals surface area contributed by atoms with Gasteiger partial charge in [-0.2, -0.15) is 0 Å². The first kappa shape index (κ1) is 15.3. The van der Waals surface area contributed by atoms with E-state index >= 15 is 0 Å². The van der Waals surface area contributed by atoms with Crippen molar-refractivity contribution in [1.29, 1.82) is 0 Å². The molecule has 2 rings (SSSR count). The van der Waals surface area contributed by atoms with Crippen molar-refractivity contribution in [2.75, 3.05) is 6.61 Å². The van der Waals surface area contributed by atoms with Crippen molar-refractivity contribution in [2.24, 2.45) is 5.92 Å². The summed E-state index contributed by atoms with van der Waals surface area (Å²) in [6.45, 7) is 5.93. The van der Waals surface area contributed by atoms with Crippen LogP contribution >= 0.6 is 31.9 Å². The summed E-state index contributed by atoms with van der Waals surface area (Å²) in [4.78, 5) is 0. The average molecular weight is 391 g/mol. The Labute approximate surface area is 132 Å². The van der Waals surface area contributed by atoms with Crippen molar-refractivity contribution >= 4 is 31.9 Å². The van der Waals surface area contributed by atoms with Crippen molar-refractivity contribution in [3.05, 3.63) is 26.6 Å². The molecule has 1 aromatic carbocycles. The Morgan fingerprint density at radius 2 is 1.95 bits per heavy atom. The van der Waals surface area contributed by atoms with Gasteiger partial charge in [-0.1, -0.05) is 6.92 Å². The molecule has 0 aliphatic heterocycles. The van der Waals surface area contributed by atoms with E-state index in [1.807, 2.05) is 6.92 Å². The molecule has 2 nitrogen and oxygen atoms in total. The lowest BCUT2D eigenvalue weighted by Crippen LogP contribution is -2.25. The van der Waals surface area contributed by atoms with Gasteiger partial charge in [0.25, 0.3) is 0 Å². The topological polar surface area (TPSA) is 21.3 Å². The number of hydrogen-bond acceptors (Lipinski definition) is 2. The van der Waals surface area contributed by atoms with Gasteiger partial charge in [0, 0.05) is 12.6 Å².